The molecule has 1 aliphatic rings. The summed E-state index contributed by atoms with van der Waals surface area (Å²) < 4.78 is 71.1. The summed E-state index contributed by atoms with van der Waals surface area (Å²) in [6, 6.07) is 18.1. The minimum absolute atomic E-state index is 0.0641. The van der Waals surface area contributed by atoms with Crippen molar-refractivity contribution in [3.8, 4) is 5.75 Å². The van der Waals surface area contributed by atoms with Gasteiger partial charge in [-0.15, -0.1) is 13.2 Å². The Morgan fingerprint density at radius 3 is 2.33 bits per heavy atom. The number of nitrogens with zero attached hydrogens (tertiary/aromatic N) is 3. The van der Waals surface area contributed by atoms with Gasteiger partial charge in [-0.3, -0.25) is 0 Å². The largest absolute Gasteiger partial charge is 0.573 e. The van der Waals surface area contributed by atoms with Crippen LogP contribution in [0.3, 0.4) is 0 Å². The third-order valence-electron chi connectivity index (χ3n) is 6.37. The molecule has 8 nitrogen and oxygen atoms in total. The summed E-state index contributed by atoms with van der Waals surface area (Å²) in [5, 5.41) is 13.6. The van der Waals surface area contributed by atoms with Crippen LogP contribution in [0.15, 0.2) is 89.0 Å². The van der Waals surface area contributed by atoms with Crippen molar-refractivity contribution < 1.29 is 31.5 Å². The molecule has 0 saturated heterocycles. The first-order valence-corrected chi connectivity index (χ1v) is 13.3. The average molecular weight is 557 g/mol. The normalized spacial score (nSPS) is 14.4. The quantitative estimate of drug-likeness (QED) is 0.128. The van der Waals surface area contributed by atoms with Crippen LogP contribution in [0.5, 0.6) is 5.75 Å². The molecule has 39 heavy (non-hydrogen) atoms. The maximum atomic E-state index is 14.1. The summed E-state index contributed by atoms with van der Waals surface area (Å²) in [5.74, 6) is -0.208. The molecule has 3 N–H and O–H groups in total. The van der Waals surface area contributed by atoms with Gasteiger partial charge in [0, 0.05) is 22.7 Å². The third kappa shape index (κ3) is 5.60. The molecule has 1 saturated carbocycles. The van der Waals surface area contributed by atoms with Crippen LogP contribution in [0.2, 0.25) is 0 Å². The third-order valence-corrected chi connectivity index (χ3v) is 8.12. The van der Waals surface area contributed by atoms with Crippen molar-refractivity contribution in [2.75, 3.05) is 4.31 Å². The molecule has 0 radical (unpaired) electrons. The first-order chi connectivity index (χ1) is 18.6. The highest BCUT2D eigenvalue weighted by Gasteiger charge is 2.35. The molecule has 12 heteroatoms. The SMILES string of the molecule is N/C(=N\O)c1ccc(S(=O)(=O)N(Cc2ccc(OC(F)(F)F)cc2)c2ncc3ccccc3c2C2CC2)cc1. The molecular formula is C27H23F3N4O4S. The molecule has 202 valence electrons. The van der Waals surface area contributed by atoms with E-state index in [1.54, 1.807) is 6.20 Å². The second-order valence-corrected chi connectivity index (χ2v) is 10.9. The minimum Gasteiger partial charge on any atom is -0.409 e. The van der Waals surface area contributed by atoms with Gasteiger partial charge >= 0.3 is 6.36 Å². The summed E-state index contributed by atoms with van der Waals surface area (Å²) in [4.78, 5) is 4.52. The zero-order valence-electron chi connectivity index (χ0n) is 20.3. The van der Waals surface area contributed by atoms with Gasteiger partial charge in [-0.1, -0.05) is 41.6 Å². The number of oxime groups is 1. The van der Waals surface area contributed by atoms with Crippen LogP contribution in [0.1, 0.15) is 35.4 Å². The lowest BCUT2D eigenvalue weighted by Crippen LogP contribution is -2.32. The summed E-state index contributed by atoms with van der Waals surface area (Å²) in [5.41, 5.74) is 7.18. The van der Waals surface area contributed by atoms with E-state index in [-0.39, 0.29) is 29.0 Å². The van der Waals surface area contributed by atoms with Crippen molar-refractivity contribution in [2.45, 2.75) is 36.6 Å². The first-order valence-electron chi connectivity index (χ1n) is 11.9. The number of benzene rings is 3. The number of pyridine rings is 1. The van der Waals surface area contributed by atoms with E-state index in [2.05, 4.69) is 14.9 Å². The molecule has 0 spiro atoms. The number of rotatable bonds is 8. The zero-order chi connectivity index (χ0) is 27.8. The highest BCUT2D eigenvalue weighted by molar-refractivity contribution is 7.92. The fourth-order valence-electron chi connectivity index (χ4n) is 4.37. The van der Waals surface area contributed by atoms with Crippen LogP contribution >= 0.6 is 0 Å². The van der Waals surface area contributed by atoms with E-state index in [4.69, 9.17) is 10.9 Å². The molecule has 1 fully saturated rings. The second-order valence-electron chi connectivity index (χ2n) is 9.07. The highest BCUT2D eigenvalue weighted by Crippen LogP contribution is 2.47. The Morgan fingerprint density at radius 2 is 1.72 bits per heavy atom. The van der Waals surface area contributed by atoms with Crippen molar-refractivity contribution in [3.05, 3.63) is 95.7 Å². The molecule has 1 aromatic heterocycles. The van der Waals surface area contributed by atoms with Crippen molar-refractivity contribution in [2.24, 2.45) is 10.9 Å². The predicted octanol–water partition coefficient (Wildman–Crippen LogP) is 5.50. The van der Waals surface area contributed by atoms with Crippen molar-refractivity contribution >= 4 is 32.4 Å². The monoisotopic (exact) mass is 556 g/mol. The van der Waals surface area contributed by atoms with E-state index in [0.29, 0.717) is 11.1 Å². The molecule has 0 aliphatic heterocycles. The number of hydrogen-bond donors (Lipinski definition) is 2. The van der Waals surface area contributed by atoms with Gasteiger partial charge in [0.25, 0.3) is 10.0 Å². The number of amidine groups is 1. The maximum Gasteiger partial charge on any atom is 0.573 e. The number of aromatic nitrogens is 1. The van der Waals surface area contributed by atoms with Crippen molar-refractivity contribution in [1.82, 2.24) is 4.98 Å². The standard InChI is InChI=1S/C27H23F3N4O4S/c28-27(29,30)38-21-11-5-17(6-12-21)16-34(39(36,37)22-13-9-19(10-14-22)25(31)33-35)26-24(18-7-8-18)23-4-2-1-3-20(23)15-32-26/h1-6,9-15,18,35H,7-8,16H2,(H2,31,33). The van der Waals surface area contributed by atoms with Crippen LogP contribution in [0.4, 0.5) is 19.0 Å². The number of halogens is 3. The number of nitrogens with two attached hydrogens (primary N) is 1. The summed E-state index contributed by atoms with van der Waals surface area (Å²) >= 11 is 0. The second kappa shape index (κ2) is 10.1. The van der Waals surface area contributed by atoms with Crippen LogP contribution < -0.4 is 14.8 Å². The van der Waals surface area contributed by atoms with Gasteiger partial charge in [-0.2, -0.15) is 0 Å². The van der Waals surface area contributed by atoms with Gasteiger partial charge in [-0.25, -0.2) is 17.7 Å². The molecule has 1 aliphatic carbocycles. The van der Waals surface area contributed by atoms with Gasteiger partial charge in [0.1, 0.15) is 11.6 Å². The van der Waals surface area contributed by atoms with Crippen molar-refractivity contribution in [3.63, 3.8) is 0 Å². The van der Waals surface area contributed by atoms with E-state index >= 15 is 0 Å². The minimum atomic E-state index is -4.85. The average Bonchev–Trinajstić information content (AvgIpc) is 3.76. The summed E-state index contributed by atoms with van der Waals surface area (Å²) in [7, 11) is -4.22. The Labute approximate surface area is 222 Å². The lowest BCUT2D eigenvalue weighted by molar-refractivity contribution is -0.274. The number of alkyl halides is 3. The number of ether oxygens (including phenoxy) is 1. The lowest BCUT2D eigenvalue weighted by atomic mass is 10.0. The Hall–Kier alpha value is -4.32. The van der Waals surface area contributed by atoms with E-state index < -0.39 is 22.1 Å². The number of anilines is 1. The molecule has 4 aromatic rings. The number of sulfonamides is 1. The number of hydrogen-bond acceptors (Lipinski definition) is 6. The van der Waals surface area contributed by atoms with Crippen LogP contribution in [-0.4, -0.2) is 30.8 Å². The van der Waals surface area contributed by atoms with E-state index in [0.717, 1.165) is 41.3 Å². The predicted molar refractivity (Wildman–Crippen MR) is 139 cm³/mol. The van der Waals surface area contributed by atoms with Crippen LogP contribution in [-0.2, 0) is 16.6 Å². The van der Waals surface area contributed by atoms with Crippen LogP contribution in [0.25, 0.3) is 10.8 Å². The first kappa shape index (κ1) is 26.3. The number of fused-ring (bicyclic) bond motifs is 1. The molecule has 0 unspecified atom stereocenters. The Kier molecular flexibility index (Phi) is 6.81. The Bertz CT molecular complexity index is 1640. The van der Waals surface area contributed by atoms with E-state index in [1.807, 2.05) is 24.3 Å². The zero-order valence-corrected chi connectivity index (χ0v) is 21.2. The Morgan fingerprint density at radius 1 is 1.05 bits per heavy atom. The smallest absolute Gasteiger partial charge is 0.409 e. The molecule has 0 bridgehead atoms. The lowest BCUT2D eigenvalue weighted by Gasteiger charge is -2.27. The topological polar surface area (TPSA) is 118 Å². The maximum absolute atomic E-state index is 14.1. The fourth-order valence-corrected chi connectivity index (χ4v) is 5.79. The van der Waals surface area contributed by atoms with Gasteiger partial charge in [0.05, 0.1) is 11.4 Å². The summed E-state index contributed by atoms with van der Waals surface area (Å²) in [6.07, 6.45) is -1.47. The molecule has 0 atom stereocenters. The molecule has 1 heterocycles. The van der Waals surface area contributed by atoms with Gasteiger partial charge in [0.2, 0.25) is 0 Å². The van der Waals surface area contributed by atoms with E-state index in [1.165, 1.54) is 40.7 Å². The molecule has 5 rings (SSSR count). The summed E-state index contributed by atoms with van der Waals surface area (Å²) in [6.45, 7) is -0.193. The Balaban J connectivity index is 1.61. The highest BCUT2D eigenvalue weighted by atomic mass is 32.2. The van der Waals surface area contributed by atoms with Crippen molar-refractivity contribution in [1.29, 1.82) is 0 Å². The molecule has 3 aromatic carbocycles. The fraction of sp³-hybridized carbons (Fsp3) is 0.185. The van der Waals surface area contributed by atoms with Crippen LogP contribution in [0, 0.1) is 0 Å². The van der Waals surface area contributed by atoms with E-state index in [9.17, 15) is 21.6 Å². The van der Waals surface area contributed by atoms with Gasteiger partial charge in [-0.05, 0) is 66.1 Å². The van der Waals surface area contributed by atoms with Gasteiger partial charge < -0.3 is 15.7 Å². The molecular weight excluding hydrogens is 533 g/mol. The molecule has 0 amide bonds. The van der Waals surface area contributed by atoms with Gasteiger partial charge in [0.15, 0.2) is 5.84 Å².